The van der Waals surface area contributed by atoms with Crippen molar-refractivity contribution < 1.29 is 4.79 Å². The lowest BCUT2D eigenvalue weighted by Crippen LogP contribution is -2.19. The second-order valence-corrected chi connectivity index (χ2v) is 8.49. The number of hydrogen-bond acceptors (Lipinski definition) is 5. The maximum absolute atomic E-state index is 12.9. The molecule has 2 heterocycles. The third kappa shape index (κ3) is 2.90. The van der Waals surface area contributed by atoms with Crippen molar-refractivity contribution in [1.82, 2.24) is 14.8 Å². The molecule has 5 nitrogen and oxygen atoms in total. The van der Waals surface area contributed by atoms with Gasteiger partial charge in [0.25, 0.3) is 0 Å². The van der Waals surface area contributed by atoms with Crippen LogP contribution in [0, 0.1) is 12.8 Å². The largest absolute Gasteiger partial charge is 0.338 e. The predicted octanol–water partition coefficient (Wildman–Crippen LogP) is 5.30. The SMILES string of the molecule is Cc1cccc(Nc2nn(-c3nc4ccccc4s3)c3c2C(=O)CC(C)C3)c1. The van der Waals surface area contributed by atoms with Crippen LogP contribution in [-0.4, -0.2) is 20.5 Å². The van der Waals surface area contributed by atoms with Crippen molar-refractivity contribution in [3.8, 4) is 5.13 Å². The van der Waals surface area contributed by atoms with Gasteiger partial charge in [-0.2, -0.15) is 0 Å². The van der Waals surface area contributed by atoms with Gasteiger partial charge >= 0.3 is 0 Å². The van der Waals surface area contributed by atoms with E-state index in [2.05, 4.69) is 24.4 Å². The highest BCUT2D eigenvalue weighted by Gasteiger charge is 2.31. The van der Waals surface area contributed by atoms with E-state index in [4.69, 9.17) is 10.1 Å². The number of benzene rings is 2. The molecule has 0 bridgehead atoms. The molecule has 6 heteroatoms. The zero-order chi connectivity index (χ0) is 19.3. The van der Waals surface area contributed by atoms with Crippen molar-refractivity contribution in [3.05, 3.63) is 65.4 Å². The quantitative estimate of drug-likeness (QED) is 0.517. The number of nitrogens with zero attached hydrogens (tertiary/aromatic N) is 3. The molecule has 1 atom stereocenters. The fourth-order valence-electron chi connectivity index (χ4n) is 3.81. The minimum absolute atomic E-state index is 0.149. The Morgan fingerprint density at radius 1 is 1.14 bits per heavy atom. The summed E-state index contributed by atoms with van der Waals surface area (Å²) in [4.78, 5) is 17.6. The van der Waals surface area contributed by atoms with E-state index in [0.717, 1.165) is 38.7 Å². The van der Waals surface area contributed by atoms with E-state index in [9.17, 15) is 4.79 Å². The van der Waals surface area contributed by atoms with Crippen molar-refractivity contribution in [3.63, 3.8) is 0 Å². The fourth-order valence-corrected chi connectivity index (χ4v) is 4.75. The first-order valence-corrected chi connectivity index (χ1v) is 10.2. The van der Waals surface area contributed by atoms with Gasteiger partial charge in [0, 0.05) is 12.1 Å². The van der Waals surface area contributed by atoms with E-state index in [1.807, 2.05) is 48.0 Å². The van der Waals surface area contributed by atoms with Crippen LogP contribution < -0.4 is 5.32 Å². The molecular formula is C22H20N4OS. The Labute approximate surface area is 167 Å². The lowest BCUT2D eigenvalue weighted by atomic mass is 9.88. The van der Waals surface area contributed by atoms with Crippen LogP contribution in [0.4, 0.5) is 11.5 Å². The molecular weight excluding hydrogens is 368 g/mol. The summed E-state index contributed by atoms with van der Waals surface area (Å²) in [5, 5.41) is 8.97. The van der Waals surface area contributed by atoms with Crippen LogP contribution in [0.1, 0.15) is 35.0 Å². The molecule has 0 saturated heterocycles. The average Bonchev–Trinajstić information content (AvgIpc) is 3.23. The number of carbonyl (C=O) groups is 1. The molecule has 0 aliphatic heterocycles. The second-order valence-electron chi connectivity index (χ2n) is 7.48. The number of hydrogen-bond donors (Lipinski definition) is 1. The molecule has 0 spiro atoms. The molecule has 1 N–H and O–H groups in total. The first-order chi connectivity index (χ1) is 13.6. The Hall–Kier alpha value is -2.99. The molecule has 0 radical (unpaired) electrons. The van der Waals surface area contributed by atoms with Crippen molar-refractivity contribution in [2.45, 2.75) is 26.7 Å². The van der Waals surface area contributed by atoms with Crippen LogP contribution in [-0.2, 0) is 6.42 Å². The van der Waals surface area contributed by atoms with E-state index in [1.165, 1.54) is 0 Å². The average molecular weight is 388 g/mol. The Balaban J connectivity index is 1.66. The maximum Gasteiger partial charge on any atom is 0.211 e. The van der Waals surface area contributed by atoms with E-state index in [1.54, 1.807) is 11.3 Å². The van der Waals surface area contributed by atoms with Gasteiger partial charge in [0.1, 0.15) is 0 Å². The zero-order valence-corrected chi connectivity index (χ0v) is 16.6. The number of carbonyl (C=O) groups excluding carboxylic acids is 1. The first-order valence-electron chi connectivity index (χ1n) is 9.43. The summed E-state index contributed by atoms with van der Waals surface area (Å²) < 4.78 is 2.98. The number of aromatic nitrogens is 3. The smallest absolute Gasteiger partial charge is 0.211 e. The number of nitrogens with one attached hydrogen (secondary N) is 1. The minimum atomic E-state index is 0.149. The molecule has 0 saturated carbocycles. The summed E-state index contributed by atoms with van der Waals surface area (Å²) in [6.45, 7) is 4.16. The summed E-state index contributed by atoms with van der Waals surface area (Å²) in [6.07, 6.45) is 1.38. The number of thiazole rings is 1. The molecule has 2 aromatic carbocycles. The normalized spacial score (nSPS) is 16.4. The molecule has 2 aromatic heterocycles. The van der Waals surface area contributed by atoms with Crippen LogP contribution in [0.5, 0.6) is 0 Å². The predicted molar refractivity (Wildman–Crippen MR) is 113 cm³/mol. The molecule has 1 aliphatic carbocycles. The summed E-state index contributed by atoms with van der Waals surface area (Å²) in [5.74, 6) is 1.07. The third-order valence-electron chi connectivity index (χ3n) is 5.08. The molecule has 0 amide bonds. The van der Waals surface area contributed by atoms with Gasteiger partial charge < -0.3 is 5.32 Å². The second kappa shape index (κ2) is 6.56. The van der Waals surface area contributed by atoms with Crippen molar-refractivity contribution >= 4 is 38.8 Å². The molecule has 5 rings (SSSR count). The van der Waals surface area contributed by atoms with E-state index < -0.39 is 0 Å². The number of fused-ring (bicyclic) bond motifs is 2. The Morgan fingerprint density at radius 2 is 2.00 bits per heavy atom. The van der Waals surface area contributed by atoms with Gasteiger partial charge in [0.2, 0.25) is 5.13 Å². The molecule has 140 valence electrons. The van der Waals surface area contributed by atoms with Gasteiger partial charge in [-0.3, -0.25) is 4.79 Å². The fraction of sp³-hybridized carbons (Fsp3) is 0.227. The van der Waals surface area contributed by atoms with Crippen LogP contribution in [0.2, 0.25) is 0 Å². The number of aryl methyl sites for hydroxylation is 1. The first kappa shape index (κ1) is 17.1. The summed E-state index contributed by atoms with van der Waals surface area (Å²) in [5.41, 5.74) is 4.71. The highest BCUT2D eigenvalue weighted by molar-refractivity contribution is 7.20. The topological polar surface area (TPSA) is 59.8 Å². The van der Waals surface area contributed by atoms with Crippen molar-refractivity contribution in [2.75, 3.05) is 5.32 Å². The van der Waals surface area contributed by atoms with E-state index in [0.29, 0.717) is 23.7 Å². The number of Topliss-reactive ketones (excluding diaryl/α,β-unsaturated/α-hetero) is 1. The van der Waals surface area contributed by atoms with Gasteiger partial charge in [-0.1, -0.05) is 42.5 Å². The minimum Gasteiger partial charge on any atom is -0.338 e. The van der Waals surface area contributed by atoms with Gasteiger partial charge in [0.05, 0.1) is 21.5 Å². The molecule has 4 aromatic rings. The van der Waals surface area contributed by atoms with Crippen molar-refractivity contribution in [2.24, 2.45) is 5.92 Å². The number of para-hydroxylation sites is 1. The van der Waals surface area contributed by atoms with Crippen molar-refractivity contribution in [1.29, 1.82) is 0 Å². The van der Waals surface area contributed by atoms with Gasteiger partial charge in [-0.05, 0) is 49.1 Å². The standard InChI is InChI=1S/C22H20N4OS/c1-13-6-5-7-15(10-13)23-21-20-17(11-14(2)12-18(20)27)26(25-21)22-24-16-8-3-4-9-19(16)28-22/h3-10,14H,11-12H2,1-2H3,(H,23,25). The Kier molecular flexibility index (Phi) is 4.02. The van der Waals surface area contributed by atoms with E-state index in [-0.39, 0.29) is 5.78 Å². The van der Waals surface area contributed by atoms with Crippen LogP contribution >= 0.6 is 11.3 Å². The van der Waals surface area contributed by atoms with Gasteiger partial charge in [0.15, 0.2) is 11.6 Å². The third-order valence-corrected chi connectivity index (χ3v) is 6.09. The zero-order valence-electron chi connectivity index (χ0n) is 15.8. The maximum atomic E-state index is 12.9. The van der Waals surface area contributed by atoms with Gasteiger partial charge in [-0.15, -0.1) is 5.10 Å². The van der Waals surface area contributed by atoms with E-state index >= 15 is 0 Å². The summed E-state index contributed by atoms with van der Waals surface area (Å²) in [6, 6.07) is 16.2. The molecule has 0 fully saturated rings. The Morgan fingerprint density at radius 3 is 2.82 bits per heavy atom. The lowest BCUT2D eigenvalue weighted by molar-refractivity contribution is 0.0953. The van der Waals surface area contributed by atoms with Crippen LogP contribution in [0.25, 0.3) is 15.3 Å². The number of rotatable bonds is 3. The lowest BCUT2D eigenvalue weighted by Gasteiger charge is -2.18. The summed E-state index contributed by atoms with van der Waals surface area (Å²) >= 11 is 1.60. The van der Waals surface area contributed by atoms with Gasteiger partial charge in [-0.25, -0.2) is 9.67 Å². The molecule has 1 unspecified atom stereocenters. The Bertz CT molecular complexity index is 1170. The van der Waals surface area contributed by atoms with Crippen LogP contribution in [0.3, 0.4) is 0 Å². The number of ketones is 1. The highest BCUT2D eigenvalue weighted by atomic mass is 32.1. The number of anilines is 2. The molecule has 1 aliphatic rings. The summed E-state index contributed by atoms with van der Waals surface area (Å²) in [7, 11) is 0. The highest BCUT2D eigenvalue weighted by Crippen LogP contribution is 2.35. The van der Waals surface area contributed by atoms with Crippen LogP contribution in [0.15, 0.2) is 48.5 Å². The molecule has 28 heavy (non-hydrogen) atoms. The monoisotopic (exact) mass is 388 g/mol.